The molecule has 1 unspecified atom stereocenters. The summed E-state index contributed by atoms with van der Waals surface area (Å²) >= 11 is 13.7. The molecule has 2 saturated heterocycles. The number of carbonyl (C=O) groups is 3. The number of anilines is 1. The van der Waals surface area contributed by atoms with E-state index in [0.29, 0.717) is 71.7 Å². The van der Waals surface area contributed by atoms with E-state index >= 15 is 0 Å². The standard InChI is InChI=1S/C37H45Cl2N5O5/c1-41-23-29(28-6-2-3-7-33(28)41)35(46)40-32-22-30(38)25(20-31(32)39)21-34(45)37(43-14-4-5-15-43,44-18-16-42(17-19-44)26-10-11-26)49-27-12-8-24(9-13-27)36(47)48/h2-3,6-7,20,22-24,26-27H,4-5,8-19,21H2,1H3,(H,40,46)(H,47,48)/t24-,27-,37?. The Hall–Kier alpha value is -2.99. The molecule has 2 saturated carbocycles. The Labute approximate surface area is 297 Å². The number of fused-ring (bicyclic) bond motifs is 1. The summed E-state index contributed by atoms with van der Waals surface area (Å²) in [6, 6.07) is 11.6. The van der Waals surface area contributed by atoms with Gasteiger partial charge in [0.1, 0.15) is 0 Å². The molecular formula is C37H45Cl2N5O5. The van der Waals surface area contributed by atoms with Crippen LogP contribution in [0.1, 0.15) is 67.3 Å². The second-order valence-electron chi connectivity index (χ2n) is 14.1. The first kappa shape index (κ1) is 34.5. The molecule has 0 radical (unpaired) electrons. The number of hydrogen-bond acceptors (Lipinski definition) is 7. The molecule has 1 aromatic heterocycles. The summed E-state index contributed by atoms with van der Waals surface area (Å²) in [5.74, 6) is -2.83. The number of likely N-dealkylation sites (tertiary alicyclic amines) is 1. The highest BCUT2D eigenvalue weighted by Gasteiger charge is 2.53. The number of rotatable bonds is 11. The molecule has 4 aliphatic rings. The van der Waals surface area contributed by atoms with Gasteiger partial charge >= 0.3 is 5.97 Å². The summed E-state index contributed by atoms with van der Waals surface area (Å²) in [6.45, 7) is 4.65. The predicted octanol–water partition coefficient (Wildman–Crippen LogP) is 6.04. The maximum Gasteiger partial charge on any atom is 0.306 e. The second-order valence-corrected chi connectivity index (χ2v) is 14.9. The number of Topliss-reactive ketones (excluding diaryl/α,β-unsaturated/α-hetero) is 1. The van der Waals surface area contributed by atoms with Gasteiger partial charge in [-0.25, -0.2) is 0 Å². The van der Waals surface area contributed by atoms with Crippen LogP contribution < -0.4 is 5.32 Å². The lowest BCUT2D eigenvalue weighted by Gasteiger charge is -2.52. The van der Waals surface area contributed by atoms with Crippen LogP contribution in [0.4, 0.5) is 5.69 Å². The number of aromatic nitrogens is 1. The van der Waals surface area contributed by atoms with Crippen molar-refractivity contribution in [3.05, 3.63) is 63.8 Å². The van der Waals surface area contributed by atoms with Crippen LogP contribution in [0, 0.1) is 5.92 Å². The Balaban J connectivity index is 1.15. The van der Waals surface area contributed by atoms with Crippen molar-refractivity contribution in [1.82, 2.24) is 19.3 Å². The monoisotopic (exact) mass is 709 g/mol. The van der Waals surface area contributed by atoms with E-state index in [2.05, 4.69) is 20.0 Å². The number of para-hydroxylation sites is 1. The van der Waals surface area contributed by atoms with Gasteiger partial charge < -0.3 is 19.7 Å². The minimum absolute atomic E-state index is 0.0000865. The van der Waals surface area contributed by atoms with Crippen molar-refractivity contribution in [3.63, 3.8) is 0 Å². The fourth-order valence-electron chi connectivity index (χ4n) is 8.10. The van der Waals surface area contributed by atoms with Gasteiger partial charge in [-0.3, -0.25) is 29.1 Å². The first-order valence-corrected chi connectivity index (χ1v) is 18.4. The fourth-order valence-corrected chi connectivity index (χ4v) is 8.56. The summed E-state index contributed by atoms with van der Waals surface area (Å²) in [4.78, 5) is 47.0. The summed E-state index contributed by atoms with van der Waals surface area (Å²) in [5, 5.41) is 14.0. The highest BCUT2D eigenvalue weighted by Crippen LogP contribution is 2.39. The lowest BCUT2D eigenvalue weighted by Crippen LogP contribution is -2.71. The number of carbonyl (C=O) groups excluding carboxylic acids is 2. The predicted molar refractivity (Wildman–Crippen MR) is 190 cm³/mol. The molecule has 0 spiro atoms. The highest BCUT2D eigenvalue weighted by atomic mass is 35.5. The number of nitrogens with one attached hydrogen (secondary N) is 1. The molecule has 2 aliphatic carbocycles. The molecule has 2 N–H and O–H groups in total. The number of aliphatic carboxylic acids is 1. The van der Waals surface area contributed by atoms with Crippen LogP contribution in [-0.2, 0) is 27.8 Å². The summed E-state index contributed by atoms with van der Waals surface area (Å²) < 4.78 is 8.97. The summed E-state index contributed by atoms with van der Waals surface area (Å²) in [5.41, 5.74) is 2.40. The van der Waals surface area contributed by atoms with Crippen LogP contribution in [0.15, 0.2) is 42.6 Å². The van der Waals surface area contributed by atoms with E-state index in [1.54, 1.807) is 18.3 Å². The van der Waals surface area contributed by atoms with E-state index in [1.807, 2.05) is 35.9 Å². The molecule has 49 heavy (non-hydrogen) atoms. The van der Waals surface area contributed by atoms with Crippen molar-refractivity contribution in [1.29, 1.82) is 0 Å². The van der Waals surface area contributed by atoms with Crippen molar-refractivity contribution >= 4 is 57.5 Å². The van der Waals surface area contributed by atoms with Crippen molar-refractivity contribution < 1.29 is 24.2 Å². The Bertz CT molecular complexity index is 1720. The molecule has 10 nitrogen and oxygen atoms in total. The number of ether oxygens (including phenoxy) is 1. The molecule has 262 valence electrons. The maximum atomic E-state index is 14.9. The number of ketones is 1. The fraction of sp³-hybridized carbons (Fsp3) is 0.541. The van der Waals surface area contributed by atoms with E-state index in [0.717, 1.165) is 49.9 Å². The van der Waals surface area contributed by atoms with Gasteiger partial charge in [-0.1, -0.05) is 41.4 Å². The molecule has 2 aromatic carbocycles. The van der Waals surface area contributed by atoms with E-state index in [9.17, 15) is 19.5 Å². The molecule has 12 heteroatoms. The highest BCUT2D eigenvalue weighted by molar-refractivity contribution is 6.36. The molecule has 1 amide bonds. The second kappa shape index (κ2) is 14.3. The first-order valence-electron chi connectivity index (χ1n) is 17.7. The molecule has 0 bridgehead atoms. The first-order chi connectivity index (χ1) is 23.6. The van der Waals surface area contributed by atoms with Gasteiger partial charge in [0.05, 0.1) is 28.3 Å². The minimum Gasteiger partial charge on any atom is -0.481 e. The largest absolute Gasteiger partial charge is 0.481 e. The molecule has 3 heterocycles. The number of carboxylic acid groups (broad SMARTS) is 1. The zero-order valence-electron chi connectivity index (χ0n) is 28.0. The quantitative estimate of drug-likeness (QED) is 0.248. The van der Waals surface area contributed by atoms with Crippen molar-refractivity contribution in [2.24, 2.45) is 13.0 Å². The van der Waals surface area contributed by atoms with Gasteiger partial charge in [-0.15, -0.1) is 0 Å². The number of benzene rings is 2. The van der Waals surface area contributed by atoms with Gasteiger partial charge in [0.25, 0.3) is 5.91 Å². The lowest BCUT2D eigenvalue weighted by atomic mass is 9.87. The molecule has 3 aromatic rings. The van der Waals surface area contributed by atoms with Gasteiger partial charge in [-0.05, 0) is 75.1 Å². The zero-order chi connectivity index (χ0) is 34.3. The van der Waals surface area contributed by atoms with E-state index in [1.165, 1.54) is 12.8 Å². The van der Waals surface area contributed by atoms with Crippen LogP contribution in [0.25, 0.3) is 10.9 Å². The smallest absolute Gasteiger partial charge is 0.306 e. The van der Waals surface area contributed by atoms with Crippen LogP contribution in [0.5, 0.6) is 0 Å². The molecule has 4 fully saturated rings. The Morgan fingerprint density at radius 1 is 0.898 bits per heavy atom. The number of aryl methyl sites for hydroxylation is 1. The number of halogens is 2. The number of piperazine rings is 1. The number of carboxylic acids is 1. The summed E-state index contributed by atoms with van der Waals surface area (Å²) in [7, 11) is 1.90. The molecule has 1 atom stereocenters. The molecular weight excluding hydrogens is 665 g/mol. The van der Waals surface area contributed by atoms with Crippen LogP contribution >= 0.6 is 23.2 Å². The zero-order valence-corrected chi connectivity index (χ0v) is 29.5. The SMILES string of the molecule is Cn1cc(C(=O)Nc2cc(Cl)c(CC(=O)C(O[C@H]3CC[C@H](C(=O)O)CC3)(N3CCCC3)N3CCN(C4CC4)CC3)cc2Cl)c2ccccc21. The Morgan fingerprint density at radius 3 is 2.24 bits per heavy atom. The van der Waals surface area contributed by atoms with Crippen LogP contribution in [-0.4, -0.2) is 99.3 Å². The van der Waals surface area contributed by atoms with E-state index in [4.69, 9.17) is 27.9 Å². The molecule has 2 aliphatic heterocycles. The van der Waals surface area contributed by atoms with Crippen molar-refractivity contribution in [3.8, 4) is 0 Å². The van der Waals surface area contributed by atoms with Gasteiger partial charge in [-0.2, -0.15) is 0 Å². The third-order valence-electron chi connectivity index (χ3n) is 10.9. The molecule has 7 rings (SSSR count). The Kier molecular flexibility index (Phi) is 10.1. The van der Waals surface area contributed by atoms with Crippen LogP contribution in [0.3, 0.4) is 0 Å². The summed E-state index contributed by atoms with van der Waals surface area (Å²) in [6.07, 6.45) is 8.24. The number of nitrogens with zero attached hydrogens (tertiary/aromatic N) is 4. The lowest BCUT2D eigenvalue weighted by molar-refractivity contribution is -0.260. The average molecular weight is 711 g/mol. The van der Waals surface area contributed by atoms with Gasteiger partial charge in [0, 0.05) is 80.9 Å². The van der Waals surface area contributed by atoms with Gasteiger partial charge in [0.2, 0.25) is 5.85 Å². The van der Waals surface area contributed by atoms with Crippen LogP contribution in [0.2, 0.25) is 10.0 Å². The normalized spacial score (nSPS) is 23.8. The third kappa shape index (κ3) is 7.01. The number of amides is 1. The van der Waals surface area contributed by atoms with Crippen molar-refractivity contribution in [2.75, 3.05) is 44.6 Å². The topological polar surface area (TPSA) is 107 Å². The average Bonchev–Trinajstić information content (AvgIpc) is 3.69. The minimum atomic E-state index is -1.29. The van der Waals surface area contributed by atoms with Gasteiger partial charge in [0.15, 0.2) is 5.78 Å². The van der Waals surface area contributed by atoms with E-state index in [-0.39, 0.29) is 30.1 Å². The van der Waals surface area contributed by atoms with Crippen molar-refractivity contribution in [2.45, 2.75) is 75.8 Å². The Morgan fingerprint density at radius 2 is 1.57 bits per heavy atom. The van der Waals surface area contributed by atoms with E-state index < -0.39 is 11.8 Å². The third-order valence-corrected chi connectivity index (χ3v) is 11.6. The number of hydrogen-bond donors (Lipinski definition) is 2. The maximum absolute atomic E-state index is 14.9.